The summed E-state index contributed by atoms with van der Waals surface area (Å²) in [5, 5.41) is 18.2. The fraction of sp³-hybridized carbons (Fsp3) is 0.273. The highest BCUT2D eigenvalue weighted by atomic mass is 32.2. The Kier molecular flexibility index (Phi) is 5.68. The van der Waals surface area contributed by atoms with Crippen molar-refractivity contribution in [3.8, 4) is 17.1 Å². The molecule has 1 atom stereocenters. The number of morpholine rings is 1. The Morgan fingerprint density at radius 3 is 2.32 bits per heavy atom. The summed E-state index contributed by atoms with van der Waals surface area (Å²) in [4.78, 5) is 2.21. The van der Waals surface area contributed by atoms with Crippen LogP contribution in [0.3, 0.4) is 0 Å². The lowest BCUT2D eigenvalue weighted by molar-refractivity contribution is 0.122. The third-order valence-electron chi connectivity index (χ3n) is 5.02. The Morgan fingerprint density at radius 2 is 1.58 bits per heavy atom. The highest BCUT2D eigenvalue weighted by Gasteiger charge is 2.25. The molecule has 0 aliphatic carbocycles. The molecule has 0 amide bonds. The van der Waals surface area contributed by atoms with Crippen LogP contribution in [-0.4, -0.2) is 51.3 Å². The molecule has 1 fully saturated rings. The maximum atomic E-state index is 5.94. The molecule has 1 aliphatic rings. The Morgan fingerprint density at radius 1 is 0.871 bits per heavy atom. The van der Waals surface area contributed by atoms with Crippen LogP contribution in [0, 0.1) is 0 Å². The molecule has 31 heavy (non-hydrogen) atoms. The van der Waals surface area contributed by atoms with Crippen LogP contribution in [0.4, 0.5) is 5.95 Å². The van der Waals surface area contributed by atoms with Crippen molar-refractivity contribution in [3.63, 3.8) is 0 Å². The molecule has 2 aromatic heterocycles. The van der Waals surface area contributed by atoms with Gasteiger partial charge in [0.2, 0.25) is 17.7 Å². The SMILES string of the molecule is C[C@H](Sc1nnc(N2CCOCC2)n1-c1ccccc1)c1nnc(-c2ccccc2)o1. The Labute approximate surface area is 184 Å². The summed E-state index contributed by atoms with van der Waals surface area (Å²) in [7, 11) is 0. The van der Waals surface area contributed by atoms with Crippen molar-refractivity contribution in [3.05, 3.63) is 66.6 Å². The van der Waals surface area contributed by atoms with E-state index in [1.165, 1.54) is 0 Å². The number of hydrogen-bond acceptors (Lipinski definition) is 8. The molecule has 158 valence electrons. The van der Waals surface area contributed by atoms with Crippen LogP contribution >= 0.6 is 11.8 Å². The van der Waals surface area contributed by atoms with Gasteiger partial charge in [0.1, 0.15) is 0 Å². The normalized spacial score (nSPS) is 15.2. The van der Waals surface area contributed by atoms with E-state index in [2.05, 4.69) is 42.0 Å². The van der Waals surface area contributed by atoms with Crippen molar-refractivity contribution in [2.24, 2.45) is 0 Å². The lowest BCUT2D eigenvalue weighted by Gasteiger charge is -2.28. The van der Waals surface area contributed by atoms with Crippen molar-refractivity contribution in [1.82, 2.24) is 25.0 Å². The molecule has 0 radical (unpaired) electrons. The molecule has 8 nitrogen and oxygen atoms in total. The van der Waals surface area contributed by atoms with Crippen LogP contribution in [0.15, 0.2) is 70.2 Å². The topological polar surface area (TPSA) is 82.1 Å². The summed E-state index contributed by atoms with van der Waals surface area (Å²) in [5.41, 5.74) is 1.92. The van der Waals surface area contributed by atoms with Crippen LogP contribution in [-0.2, 0) is 4.74 Å². The van der Waals surface area contributed by atoms with E-state index < -0.39 is 0 Å². The Hall–Kier alpha value is -3.17. The molecule has 3 heterocycles. The number of thioether (sulfide) groups is 1. The second-order valence-electron chi connectivity index (χ2n) is 7.12. The highest BCUT2D eigenvalue weighted by molar-refractivity contribution is 7.99. The monoisotopic (exact) mass is 434 g/mol. The number of nitrogens with zero attached hydrogens (tertiary/aromatic N) is 6. The third kappa shape index (κ3) is 4.19. The minimum Gasteiger partial charge on any atom is -0.419 e. The zero-order valence-electron chi connectivity index (χ0n) is 17.1. The van der Waals surface area contributed by atoms with E-state index in [1.54, 1.807) is 11.8 Å². The molecular formula is C22H22N6O2S. The molecule has 1 aliphatic heterocycles. The number of hydrogen-bond donors (Lipinski definition) is 0. The number of aromatic nitrogens is 5. The molecule has 0 saturated carbocycles. The number of anilines is 1. The number of benzene rings is 2. The number of para-hydroxylation sites is 1. The maximum absolute atomic E-state index is 5.94. The van der Waals surface area contributed by atoms with Crippen molar-refractivity contribution in [2.75, 3.05) is 31.2 Å². The van der Waals surface area contributed by atoms with Gasteiger partial charge in [-0.1, -0.05) is 48.2 Å². The van der Waals surface area contributed by atoms with Gasteiger partial charge < -0.3 is 14.1 Å². The molecule has 9 heteroatoms. The summed E-state index contributed by atoms with van der Waals surface area (Å²) < 4.78 is 13.5. The molecule has 4 aromatic rings. The number of rotatable bonds is 6. The standard InChI is InChI=1S/C22H22N6O2S/c1-16(19-23-24-20(30-19)17-8-4-2-5-9-17)31-22-26-25-21(27-12-14-29-15-13-27)28(22)18-10-6-3-7-11-18/h2-11,16H,12-15H2,1H3/t16-/m0/s1. The molecular weight excluding hydrogens is 412 g/mol. The van der Waals surface area contributed by atoms with Crippen LogP contribution in [0.5, 0.6) is 0 Å². The van der Waals surface area contributed by atoms with Crippen LogP contribution in [0.1, 0.15) is 18.1 Å². The van der Waals surface area contributed by atoms with E-state index in [4.69, 9.17) is 9.15 Å². The van der Waals surface area contributed by atoms with Gasteiger partial charge in [0.25, 0.3) is 0 Å². The summed E-state index contributed by atoms with van der Waals surface area (Å²) >= 11 is 1.55. The van der Waals surface area contributed by atoms with Gasteiger partial charge in [-0.15, -0.1) is 20.4 Å². The Balaban J connectivity index is 1.44. The van der Waals surface area contributed by atoms with Crippen LogP contribution in [0.2, 0.25) is 0 Å². The molecule has 0 unspecified atom stereocenters. The molecule has 5 rings (SSSR count). The minimum absolute atomic E-state index is 0.0887. The first-order valence-corrected chi connectivity index (χ1v) is 11.1. The van der Waals surface area contributed by atoms with Crippen molar-refractivity contribution < 1.29 is 9.15 Å². The van der Waals surface area contributed by atoms with E-state index >= 15 is 0 Å². The van der Waals surface area contributed by atoms with E-state index in [0.717, 1.165) is 35.4 Å². The van der Waals surface area contributed by atoms with E-state index in [0.29, 0.717) is 25.0 Å². The van der Waals surface area contributed by atoms with Gasteiger partial charge >= 0.3 is 0 Å². The molecule has 0 N–H and O–H groups in total. The molecule has 2 aromatic carbocycles. The predicted molar refractivity (Wildman–Crippen MR) is 118 cm³/mol. The van der Waals surface area contributed by atoms with E-state index in [-0.39, 0.29) is 5.25 Å². The van der Waals surface area contributed by atoms with Crippen LogP contribution in [0.25, 0.3) is 17.1 Å². The first-order valence-electron chi connectivity index (χ1n) is 10.2. The van der Waals surface area contributed by atoms with Gasteiger partial charge in [-0.25, -0.2) is 0 Å². The second kappa shape index (κ2) is 8.91. The number of ether oxygens (including phenoxy) is 1. The van der Waals surface area contributed by atoms with Crippen LogP contribution < -0.4 is 4.90 Å². The fourth-order valence-electron chi connectivity index (χ4n) is 3.41. The van der Waals surface area contributed by atoms with Crippen molar-refractivity contribution >= 4 is 17.7 Å². The van der Waals surface area contributed by atoms with Crippen molar-refractivity contribution in [2.45, 2.75) is 17.3 Å². The van der Waals surface area contributed by atoms with Crippen molar-refractivity contribution in [1.29, 1.82) is 0 Å². The summed E-state index contributed by atoms with van der Waals surface area (Å²) in [6.45, 7) is 4.98. The largest absolute Gasteiger partial charge is 0.419 e. The molecule has 0 spiro atoms. The summed E-state index contributed by atoms with van der Waals surface area (Å²) in [5.74, 6) is 1.89. The summed E-state index contributed by atoms with van der Waals surface area (Å²) in [6.07, 6.45) is 0. The van der Waals surface area contributed by atoms with Gasteiger partial charge in [0.15, 0.2) is 5.16 Å². The van der Waals surface area contributed by atoms with E-state index in [1.807, 2.05) is 55.5 Å². The lowest BCUT2D eigenvalue weighted by atomic mass is 10.2. The summed E-state index contributed by atoms with van der Waals surface area (Å²) in [6, 6.07) is 19.9. The fourth-order valence-corrected chi connectivity index (χ4v) is 4.31. The van der Waals surface area contributed by atoms with Gasteiger partial charge in [-0.05, 0) is 31.2 Å². The van der Waals surface area contributed by atoms with E-state index in [9.17, 15) is 0 Å². The quantitative estimate of drug-likeness (QED) is 0.421. The lowest BCUT2D eigenvalue weighted by Crippen LogP contribution is -2.37. The van der Waals surface area contributed by atoms with Gasteiger partial charge in [-0.3, -0.25) is 4.57 Å². The smallest absolute Gasteiger partial charge is 0.247 e. The average molecular weight is 435 g/mol. The first-order chi connectivity index (χ1) is 15.3. The molecule has 1 saturated heterocycles. The van der Waals surface area contributed by atoms with Gasteiger partial charge in [-0.2, -0.15) is 0 Å². The second-order valence-corrected chi connectivity index (χ2v) is 8.43. The minimum atomic E-state index is -0.0887. The zero-order chi connectivity index (χ0) is 21.0. The predicted octanol–water partition coefficient (Wildman–Crippen LogP) is 4.01. The average Bonchev–Trinajstić information content (AvgIpc) is 3.49. The first kappa shape index (κ1) is 19.8. The zero-order valence-corrected chi connectivity index (χ0v) is 17.9. The van der Waals surface area contributed by atoms with Gasteiger partial charge in [0, 0.05) is 18.7 Å². The highest BCUT2D eigenvalue weighted by Crippen LogP contribution is 2.37. The third-order valence-corrected chi connectivity index (χ3v) is 6.05. The molecule has 0 bridgehead atoms. The van der Waals surface area contributed by atoms with Gasteiger partial charge in [0.05, 0.1) is 24.2 Å². The maximum Gasteiger partial charge on any atom is 0.247 e. The Bertz CT molecular complexity index is 1130.